The van der Waals surface area contributed by atoms with Crippen molar-refractivity contribution >= 4 is 20.6 Å². The molecule has 7 nitrogen and oxygen atoms in total. The molecule has 0 aromatic heterocycles. The summed E-state index contributed by atoms with van der Waals surface area (Å²) in [4.78, 5) is 23.9. The number of carbonyl (C=O) groups is 2. The van der Waals surface area contributed by atoms with Gasteiger partial charge in [0.05, 0.1) is 0 Å². The van der Waals surface area contributed by atoms with E-state index in [4.69, 9.17) is 19.7 Å². The van der Waals surface area contributed by atoms with Gasteiger partial charge in [-0.1, -0.05) is 71.1 Å². The largest absolute Gasteiger partial charge is 0.462 e. The van der Waals surface area contributed by atoms with Crippen molar-refractivity contribution in [1.82, 2.24) is 0 Å². The Balaban J connectivity index is 3.92. The third-order valence-electron chi connectivity index (χ3n) is 4.86. The lowest BCUT2D eigenvalue weighted by atomic mass is 10.1. The van der Waals surface area contributed by atoms with Crippen LogP contribution in [-0.2, 0) is 28.2 Å². The van der Waals surface area contributed by atoms with Crippen LogP contribution in [0.5, 0.6) is 0 Å². The third-order valence-corrected chi connectivity index (χ3v) is 5.12. The predicted octanol–water partition coefficient (Wildman–Crippen LogP) is 5.49. The summed E-state index contributed by atoms with van der Waals surface area (Å²) in [5.41, 5.74) is 5.45. The molecule has 0 fully saturated rings. The topological polar surface area (TPSA) is 105 Å². The molecule has 0 saturated carbocycles. The molecule has 0 heterocycles. The molecule has 2 N–H and O–H groups in total. The third kappa shape index (κ3) is 20.2. The quantitative estimate of drug-likeness (QED) is 0.133. The molecule has 0 bridgehead atoms. The highest BCUT2D eigenvalue weighted by atomic mass is 31.1. The Morgan fingerprint density at radius 1 is 0.767 bits per heavy atom. The summed E-state index contributed by atoms with van der Waals surface area (Å²) in [6.07, 6.45) is 14.0. The van der Waals surface area contributed by atoms with Crippen LogP contribution in [0.4, 0.5) is 0 Å². The number of unbranched alkanes of at least 4 members (excludes halogenated alkanes) is 11. The fraction of sp³-hybridized carbons (Fsp3) is 0.909. The molecule has 1 atom stereocenters. The van der Waals surface area contributed by atoms with Gasteiger partial charge in [-0.15, -0.1) is 0 Å². The second-order valence-electron chi connectivity index (χ2n) is 7.70. The minimum atomic E-state index is -0.735. The summed E-state index contributed by atoms with van der Waals surface area (Å²) >= 11 is 0. The smallest absolute Gasteiger partial charge is 0.327 e. The monoisotopic (exact) mass is 447 g/mol. The summed E-state index contributed by atoms with van der Waals surface area (Å²) in [7, 11) is -0.494. The lowest BCUT2D eigenvalue weighted by molar-refractivity contribution is -0.160. The first kappa shape index (κ1) is 29.0. The van der Waals surface area contributed by atoms with Crippen molar-refractivity contribution in [3.63, 3.8) is 0 Å². The summed E-state index contributed by atoms with van der Waals surface area (Å²) in [6, 6.07) is 0. The maximum Gasteiger partial charge on any atom is 0.327 e. The molecule has 0 rings (SSSR count). The molecular weight excluding hydrogens is 405 g/mol. The zero-order valence-corrected chi connectivity index (χ0v) is 19.7. The molecule has 0 saturated heterocycles. The van der Waals surface area contributed by atoms with E-state index < -0.39 is 14.8 Å². The molecular formula is C22H42NO6P. The zero-order chi connectivity index (χ0) is 22.3. The first-order chi connectivity index (χ1) is 14.6. The first-order valence-corrected chi connectivity index (χ1v) is 12.4. The van der Waals surface area contributed by atoms with Gasteiger partial charge in [0.15, 0.2) is 6.10 Å². The van der Waals surface area contributed by atoms with Crippen LogP contribution in [0.1, 0.15) is 103 Å². The number of carbonyl (C=O) groups excluding carboxylic acids is 2. The van der Waals surface area contributed by atoms with Gasteiger partial charge in [-0.25, -0.2) is 4.57 Å². The number of hydrogen-bond donors (Lipinski definition) is 1. The minimum absolute atomic E-state index is 0.0689. The van der Waals surface area contributed by atoms with E-state index in [9.17, 15) is 14.2 Å². The predicted molar refractivity (Wildman–Crippen MR) is 118 cm³/mol. The zero-order valence-electron chi connectivity index (χ0n) is 18.8. The Bertz CT molecular complexity index is 436. The van der Waals surface area contributed by atoms with Crippen LogP contribution in [0.25, 0.3) is 0 Å². The summed E-state index contributed by atoms with van der Waals surface area (Å²) in [6.45, 7) is 2.75. The maximum atomic E-state index is 12.0. The molecule has 0 aliphatic heterocycles. The average molecular weight is 448 g/mol. The van der Waals surface area contributed by atoms with Gasteiger partial charge in [-0.3, -0.25) is 14.1 Å². The van der Waals surface area contributed by atoms with E-state index in [1.807, 2.05) is 0 Å². The van der Waals surface area contributed by atoms with Crippen LogP contribution in [0.2, 0.25) is 0 Å². The molecule has 0 spiro atoms. The normalized spacial score (nSPS) is 12.1. The van der Waals surface area contributed by atoms with E-state index in [1.165, 1.54) is 32.1 Å². The van der Waals surface area contributed by atoms with E-state index >= 15 is 0 Å². The highest BCUT2D eigenvalue weighted by Gasteiger charge is 2.17. The highest BCUT2D eigenvalue weighted by molar-refractivity contribution is 7.17. The van der Waals surface area contributed by atoms with Gasteiger partial charge in [-0.2, -0.15) is 0 Å². The van der Waals surface area contributed by atoms with Crippen LogP contribution < -0.4 is 5.73 Å². The average Bonchev–Trinajstić information content (AvgIpc) is 2.74. The van der Waals surface area contributed by atoms with Gasteiger partial charge in [0.1, 0.15) is 13.2 Å². The van der Waals surface area contributed by atoms with Gasteiger partial charge in [0.25, 0.3) is 0 Å². The van der Waals surface area contributed by atoms with E-state index in [2.05, 4.69) is 6.92 Å². The molecule has 176 valence electrons. The molecule has 0 unspecified atom stereocenters. The number of esters is 2. The van der Waals surface area contributed by atoms with Crippen molar-refractivity contribution in [3.05, 3.63) is 0 Å². The van der Waals surface area contributed by atoms with Gasteiger partial charge in [0.2, 0.25) is 0 Å². The maximum absolute atomic E-state index is 12.0. The van der Waals surface area contributed by atoms with E-state index in [0.29, 0.717) is 19.4 Å². The van der Waals surface area contributed by atoms with Crippen LogP contribution in [0.15, 0.2) is 0 Å². The van der Waals surface area contributed by atoms with E-state index in [1.54, 1.807) is 0 Å². The second kappa shape index (κ2) is 22.6. The lowest BCUT2D eigenvalue weighted by Crippen LogP contribution is -2.28. The molecule has 0 aliphatic carbocycles. The van der Waals surface area contributed by atoms with Crippen molar-refractivity contribution in [1.29, 1.82) is 0 Å². The standard InChI is InChI=1S/C22H42NO6P/c1-2-3-4-5-6-7-9-13-16-22(25)29-20(19-28-30-26)18-27-21(24)15-12-10-8-11-14-17-23/h20H,2-19,23H2,1H3/t20-/m1/s1. The fourth-order valence-electron chi connectivity index (χ4n) is 3.08. The van der Waals surface area contributed by atoms with Crippen molar-refractivity contribution in [3.8, 4) is 0 Å². The van der Waals surface area contributed by atoms with Gasteiger partial charge >= 0.3 is 20.6 Å². The van der Waals surface area contributed by atoms with Crippen LogP contribution in [0.3, 0.4) is 0 Å². The Labute approximate surface area is 184 Å². The van der Waals surface area contributed by atoms with Gasteiger partial charge < -0.3 is 15.2 Å². The Morgan fingerprint density at radius 2 is 1.30 bits per heavy atom. The Morgan fingerprint density at radius 3 is 1.87 bits per heavy atom. The minimum Gasteiger partial charge on any atom is -0.462 e. The molecule has 0 radical (unpaired) electrons. The lowest BCUT2D eigenvalue weighted by Gasteiger charge is -2.16. The first-order valence-electron chi connectivity index (χ1n) is 11.6. The summed E-state index contributed by atoms with van der Waals surface area (Å²) in [5.74, 6) is -0.661. The Kier molecular flexibility index (Phi) is 21.9. The van der Waals surface area contributed by atoms with Crippen molar-refractivity contribution in [2.45, 2.75) is 109 Å². The molecule has 8 heteroatoms. The molecule has 0 amide bonds. The number of hydrogen-bond acceptors (Lipinski definition) is 7. The van der Waals surface area contributed by atoms with Crippen LogP contribution >= 0.6 is 8.69 Å². The van der Waals surface area contributed by atoms with Gasteiger partial charge in [-0.05, 0) is 25.8 Å². The van der Waals surface area contributed by atoms with E-state index in [0.717, 1.165) is 51.4 Å². The number of ether oxygens (including phenoxy) is 2. The van der Waals surface area contributed by atoms with E-state index in [-0.39, 0.29) is 25.2 Å². The summed E-state index contributed by atoms with van der Waals surface area (Å²) in [5, 5.41) is 0. The number of rotatable bonds is 22. The molecule has 0 aromatic rings. The number of nitrogens with two attached hydrogens (primary N) is 1. The van der Waals surface area contributed by atoms with Crippen molar-refractivity contribution in [2.75, 3.05) is 19.8 Å². The molecule has 0 aromatic carbocycles. The fourth-order valence-corrected chi connectivity index (χ4v) is 3.31. The van der Waals surface area contributed by atoms with Crippen LogP contribution in [-0.4, -0.2) is 37.8 Å². The Hall–Kier alpha value is -1.04. The molecule has 0 aliphatic rings. The summed E-state index contributed by atoms with van der Waals surface area (Å²) < 4.78 is 25.9. The second-order valence-corrected chi connectivity index (χ2v) is 8.10. The van der Waals surface area contributed by atoms with Gasteiger partial charge in [0, 0.05) is 12.8 Å². The SMILES string of the molecule is CCCCCCCCCCC(=O)O[C@@H](COP=O)COC(=O)CCCCCCCN. The van der Waals surface area contributed by atoms with Crippen LogP contribution in [0, 0.1) is 0 Å². The van der Waals surface area contributed by atoms with Crippen molar-refractivity contribution < 1.29 is 28.2 Å². The van der Waals surface area contributed by atoms with Crippen molar-refractivity contribution in [2.24, 2.45) is 5.73 Å². The highest BCUT2D eigenvalue weighted by Crippen LogP contribution is 2.11. The molecule has 30 heavy (non-hydrogen) atoms.